The first-order valence-electron chi connectivity index (χ1n) is 6.45. The monoisotopic (exact) mass is 320 g/mol. The Bertz CT molecular complexity index is 726. The predicted octanol–water partition coefficient (Wildman–Crippen LogP) is 4.39. The molecule has 0 aliphatic rings. The number of carbonyl (C=O) groups excluding carboxylic acids is 1. The second-order valence-electron chi connectivity index (χ2n) is 4.41. The number of hydrogen-bond donors (Lipinski definition) is 0. The third-order valence-corrected chi connectivity index (χ3v) is 3.34. The average Bonchev–Trinajstić information content (AvgIpc) is 2.54. The summed E-state index contributed by atoms with van der Waals surface area (Å²) in [7, 11) is 3.06. The van der Waals surface area contributed by atoms with Crippen molar-refractivity contribution in [2.45, 2.75) is 0 Å². The van der Waals surface area contributed by atoms with Gasteiger partial charge in [-0.1, -0.05) is 23.7 Å². The van der Waals surface area contributed by atoms with Crippen LogP contribution in [0.5, 0.6) is 11.5 Å². The van der Waals surface area contributed by atoms with Gasteiger partial charge in [0.2, 0.25) is 0 Å². The van der Waals surface area contributed by atoms with E-state index in [2.05, 4.69) is 0 Å². The summed E-state index contributed by atoms with van der Waals surface area (Å²) < 4.78 is 23.6. The molecule has 5 heteroatoms. The quantitative estimate of drug-likeness (QED) is 0.605. The van der Waals surface area contributed by atoms with Gasteiger partial charge in [-0.15, -0.1) is 0 Å². The highest BCUT2D eigenvalue weighted by atomic mass is 35.5. The fourth-order valence-electron chi connectivity index (χ4n) is 1.95. The number of rotatable bonds is 5. The second-order valence-corrected chi connectivity index (χ2v) is 4.82. The Labute approximate surface area is 132 Å². The molecule has 0 saturated heterocycles. The van der Waals surface area contributed by atoms with E-state index in [1.807, 2.05) is 0 Å². The van der Waals surface area contributed by atoms with Gasteiger partial charge < -0.3 is 9.47 Å². The Hall–Kier alpha value is -2.33. The molecule has 0 amide bonds. The maximum absolute atomic E-state index is 13.1. The van der Waals surface area contributed by atoms with Gasteiger partial charge in [0.15, 0.2) is 17.3 Å². The summed E-state index contributed by atoms with van der Waals surface area (Å²) in [6.07, 6.45) is 2.99. The van der Waals surface area contributed by atoms with Gasteiger partial charge in [0.25, 0.3) is 0 Å². The highest BCUT2D eigenvalue weighted by Crippen LogP contribution is 2.31. The lowest BCUT2D eigenvalue weighted by molar-refractivity contribution is 0.104. The van der Waals surface area contributed by atoms with Crippen LogP contribution in [0.1, 0.15) is 15.9 Å². The molecule has 2 aromatic carbocycles. The van der Waals surface area contributed by atoms with Crippen LogP contribution < -0.4 is 9.47 Å². The zero-order chi connectivity index (χ0) is 16.1. The molecule has 0 saturated carbocycles. The standard InChI is InChI=1S/C17H14ClFO3/c1-21-16-5-3-4-11(17(16)22-2)7-9-15(20)12-6-8-14(19)13(18)10-12/h3-10H,1-2H3/b9-7+. The van der Waals surface area contributed by atoms with Gasteiger partial charge in [-0.3, -0.25) is 4.79 Å². The van der Waals surface area contributed by atoms with E-state index >= 15 is 0 Å². The van der Waals surface area contributed by atoms with Gasteiger partial charge in [-0.05, 0) is 36.4 Å². The van der Waals surface area contributed by atoms with Crippen LogP contribution in [0.4, 0.5) is 4.39 Å². The molecule has 0 aliphatic heterocycles. The van der Waals surface area contributed by atoms with E-state index in [4.69, 9.17) is 21.1 Å². The third kappa shape index (κ3) is 3.46. The number of methoxy groups -OCH3 is 2. The maximum atomic E-state index is 13.1. The van der Waals surface area contributed by atoms with E-state index < -0.39 is 5.82 Å². The van der Waals surface area contributed by atoms with Gasteiger partial charge in [0.1, 0.15) is 5.82 Å². The highest BCUT2D eigenvalue weighted by Gasteiger charge is 2.09. The lowest BCUT2D eigenvalue weighted by atomic mass is 10.1. The first-order valence-corrected chi connectivity index (χ1v) is 6.83. The van der Waals surface area contributed by atoms with Gasteiger partial charge in [-0.2, -0.15) is 0 Å². The molecule has 0 bridgehead atoms. The fourth-order valence-corrected chi connectivity index (χ4v) is 2.13. The molecule has 0 N–H and O–H groups in total. The smallest absolute Gasteiger partial charge is 0.185 e. The number of ether oxygens (including phenoxy) is 2. The zero-order valence-corrected chi connectivity index (χ0v) is 12.9. The van der Waals surface area contributed by atoms with Crippen molar-refractivity contribution in [3.8, 4) is 11.5 Å². The van der Waals surface area contributed by atoms with Crippen molar-refractivity contribution in [1.82, 2.24) is 0 Å². The summed E-state index contributed by atoms with van der Waals surface area (Å²) in [5, 5.41) is -0.0850. The minimum atomic E-state index is -0.559. The van der Waals surface area contributed by atoms with Crippen molar-refractivity contribution in [1.29, 1.82) is 0 Å². The van der Waals surface area contributed by atoms with Crippen LogP contribution in [-0.2, 0) is 0 Å². The number of hydrogen-bond acceptors (Lipinski definition) is 3. The Morgan fingerprint density at radius 3 is 2.59 bits per heavy atom. The van der Waals surface area contributed by atoms with Crippen LogP contribution in [0.25, 0.3) is 6.08 Å². The number of benzene rings is 2. The van der Waals surface area contributed by atoms with Gasteiger partial charge in [0, 0.05) is 11.1 Å². The van der Waals surface area contributed by atoms with E-state index in [0.717, 1.165) is 6.07 Å². The molecule has 0 unspecified atom stereocenters. The second kappa shape index (κ2) is 7.09. The van der Waals surface area contributed by atoms with E-state index in [1.54, 1.807) is 24.3 Å². The Morgan fingerprint density at radius 2 is 1.95 bits per heavy atom. The first kappa shape index (κ1) is 16.0. The maximum Gasteiger partial charge on any atom is 0.185 e. The number of carbonyl (C=O) groups is 1. The Balaban J connectivity index is 2.28. The number of halogens is 2. The number of allylic oxidation sites excluding steroid dienone is 1. The minimum Gasteiger partial charge on any atom is -0.493 e. The number of ketones is 1. The molecule has 3 nitrogen and oxygen atoms in total. The van der Waals surface area contributed by atoms with Crippen LogP contribution >= 0.6 is 11.6 Å². The molecule has 2 rings (SSSR count). The van der Waals surface area contributed by atoms with Gasteiger partial charge >= 0.3 is 0 Å². The molecule has 2 aromatic rings. The molecule has 0 atom stereocenters. The molecule has 0 aromatic heterocycles. The number of para-hydroxylation sites is 1. The molecule has 0 aliphatic carbocycles. The van der Waals surface area contributed by atoms with Crippen molar-refractivity contribution in [2.24, 2.45) is 0 Å². The first-order chi connectivity index (χ1) is 10.6. The molecule has 114 valence electrons. The van der Waals surface area contributed by atoms with Crippen LogP contribution in [0, 0.1) is 5.82 Å². The van der Waals surface area contributed by atoms with E-state index in [-0.39, 0.29) is 10.8 Å². The summed E-state index contributed by atoms with van der Waals surface area (Å²) in [6, 6.07) is 9.19. The lowest BCUT2D eigenvalue weighted by Gasteiger charge is -2.09. The molecule has 0 radical (unpaired) electrons. The van der Waals surface area contributed by atoms with E-state index in [9.17, 15) is 9.18 Å². The van der Waals surface area contributed by atoms with Crippen LogP contribution in [0.3, 0.4) is 0 Å². The largest absolute Gasteiger partial charge is 0.493 e. The van der Waals surface area contributed by atoms with Crippen LogP contribution in [0.2, 0.25) is 5.02 Å². The zero-order valence-electron chi connectivity index (χ0n) is 12.1. The Kier molecular flexibility index (Phi) is 5.17. The van der Waals surface area contributed by atoms with E-state index in [1.165, 1.54) is 32.4 Å². The predicted molar refractivity (Wildman–Crippen MR) is 84.3 cm³/mol. The summed E-state index contributed by atoms with van der Waals surface area (Å²) >= 11 is 5.67. The van der Waals surface area contributed by atoms with Crippen molar-refractivity contribution < 1.29 is 18.7 Å². The third-order valence-electron chi connectivity index (χ3n) is 3.05. The minimum absolute atomic E-state index is 0.0850. The van der Waals surface area contributed by atoms with Crippen LogP contribution in [-0.4, -0.2) is 20.0 Å². The molecular weight excluding hydrogens is 307 g/mol. The summed E-state index contributed by atoms with van der Waals surface area (Å²) in [4.78, 5) is 12.1. The topological polar surface area (TPSA) is 35.5 Å². The van der Waals surface area contributed by atoms with Gasteiger partial charge in [0.05, 0.1) is 19.2 Å². The summed E-state index contributed by atoms with van der Waals surface area (Å²) in [6.45, 7) is 0. The van der Waals surface area contributed by atoms with Crippen molar-refractivity contribution in [2.75, 3.05) is 14.2 Å². The fraction of sp³-hybridized carbons (Fsp3) is 0.118. The van der Waals surface area contributed by atoms with Crippen molar-refractivity contribution in [3.05, 3.63) is 64.4 Å². The lowest BCUT2D eigenvalue weighted by Crippen LogP contribution is -1.96. The highest BCUT2D eigenvalue weighted by molar-refractivity contribution is 6.31. The molecular formula is C17H14ClFO3. The normalized spacial score (nSPS) is 10.7. The molecule has 0 fully saturated rings. The SMILES string of the molecule is COc1cccc(/C=C/C(=O)c2ccc(F)c(Cl)c2)c1OC. The molecule has 0 heterocycles. The average molecular weight is 321 g/mol. The Morgan fingerprint density at radius 1 is 1.18 bits per heavy atom. The van der Waals surface area contributed by atoms with Crippen molar-refractivity contribution in [3.63, 3.8) is 0 Å². The van der Waals surface area contributed by atoms with Crippen LogP contribution in [0.15, 0.2) is 42.5 Å². The van der Waals surface area contributed by atoms with Gasteiger partial charge in [-0.25, -0.2) is 4.39 Å². The summed E-state index contributed by atoms with van der Waals surface area (Å²) in [5.41, 5.74) is 1.01. The molecule has 0 spiro atoms. The summed E-state index contributed by atoms with van der Waals surface area (Å²) in [5.74, 6) is 0.261. The van der Waals surface area contributed by atoms with Crippen molar-refractivity contribution >= 4 is 23.5 Å². The molecule has 22 heavy (non-hydrogen) atoms. The van der Waals surface area contributed by atoms with E-state index in [0.29, 0.717) is 22.6 Å².